The molecule has 20 heavy (non-hydrogen) atoms. The molecule has 1 fully saturated rings. The standard InChI is InChI=1S/C17H24N2O/c1-2-15-7-4-9-19(14-15)10-5-11-20-17-8-3-6-16(12-17)13-18/h3,6,8,12,15H,2,4-5,7,9-11,14H2,1H3. The monoisotopic (exact) mass is 272 g/mol. The van der Waals surface area contributed by atoms with Gasteiger partial charge in [-0.25, -0.2) is 0 Å². The largest absolute Gasteiger partial charge is 0.494 e. The van der Waals surface area contributed by atoms with E-state index in [-0.39, 0.29) is 0 Å². The number of hydrogen-bond acceptors (Lipinski definition) is 3. The first-order valence-corrected chi connectivity index (χ1v) is 7.67. The Morgan fingerprint density at radius 1 is 1.45 bits per heavy atom. The van der Waals surface area contributed by atoms with Gasteiger partial charge in [-0.1, -0.05) is 19.4 Å². The maximum absolute atomic E-state index is 8.84. The molecular formula is C17H24N2O. The summed E-state index contributed by atoms with van der Waals surface area (Å²) in [5.41, 5.74) is 0.657. The molecule has 1 aromatic rings. The number of ether oxygens (including phenoxy) is 1. The van der Waals surface area contributed by atoms with E-state index in [0.29, 0.717) is 5.56 Å². The van der Waals surface area contributed by atoms with Crippen molar-refractivity contribution in [3.63, 3.8) is 0 Å². The van der Waals surface area contributed by atoms with Crippen molar-refractivity contribution in [2.24, 2.45) is 5.92 Å². The maximum atomic E-state index is 8.84. The SMILES string of the molecule is CCC1CCCN(CCCOc2cccc(C#N)c2)C1. The van der Waals surface area contributed by atoms with E-state index in [0.717, 1.165) is 31.2 Å². The molecule has 108 valence electrons. The average molecular weight is 272 g/mol. The third kappa shape index (κ3) is 4.54. The fraction of sp³-hybridized carbons (Fsp3) is 0.588. The van der Waals surface area contributed by atoms with Crippen LogP contribution in [0.2, 0.25) is 0 Å². The average Bonchev–Trinajstić information content (AvgIpc) is 2.52. The number of rotatable bonds is 6. The van der Waals surface area contributed by atoms with E-state index in [4.69, 9.17) is 10.00 Å². The van der Waals surface area contributed by atoms with E-state index in [2.05, 4.69) is 17.9 Å². The Morgan fingerprint density at radius 3 is 3.15 bits per heavy atom. The second-order valence-corrected chi connectivity index (χ2v) is 5.56. The normalized spacial score (nSPS) is 19.5. The quantitative estimate of drug-likeness (QED) is 0.744. The lowest BCUT2D eigenvalue weighted by Crippen LogP contribution is -2.36. The zero-order chi connectivity index (χ0) is 14.2. The number of piperidine rings is 1. The molecule has 3 heteroatoms. The number of likely N-dealkylation sites (tertiary alicyclic amines) is 1. The van der Waals surface area contributed by atoms with Crippen LogP contribution in [0.25, 0.3) is 0 Å². The Labute approximate surface area is 122 Å². The van der Waals surface area contributed by atoms with Crippen LogP contribution in [0, 0.1) is 17.2 Å². The molecule has 0 saturated carbocycles. The summed E-state index contributed by atoms with van der Waals surface area (Å²) in [6.07, 6.45) is 5.08. The van der Waals surface area contributed by atoms with Gasteiger partial charge in [-0.15, -0.1) is 0 Å². The summed E-state index contributed by atoms with van der Waals surface area (Å²) in [5.74, 6) is 1.69. The van der Waals surface area contributed by atoms with Crippen molar-refractivity contribution < 1.29 is 4.74 Å². The fourth-order valence-corrected chi connectivity index (χ4v) is 2.82. The van der Waals surface area contributed by atoms with E-state index >= 15 is 0 Å². The summed E-state index contributed by atoms with van der Waals surface area (Å²) < 4.78 is 5.71. The highest BCUT2D eigenvalue weighted by Crippen LogP contribution is 2.19. The summed E-state index contributed by atoms with van der Waals surface area (Å²) in [4.78, 5) is 2.56. The van der Waals surface area contributed by atoms with E-state index in [1.165, 1.54) is 32.4 Å². The van der Waals surface area contributed by atoms with Crippen LogP contribution in [0.4, 0.5) is 0 Å². The zero-order valence-electron chi connectivity index (χ0n) is 12.3. The van der Waals surface area contributed by atoms with Gasteiger partial charge in [-0.05, 0) is 49.9 Å². The Hall–Kier alpha value is -1.53. The summed E-state index contributed by atoms with van der Waals surface area (Å²) in [7, 11) is 0. The number of nitrogens with zero attached hydrogens (tertiary/aromatic N) is 2. The molecule has 1 aliphatic heterocycles. The summed E-state index contributed by atoms with van der Waals surface area (Å²) in [6.45, 7) is 6.62. The molecule has 1 saturated heterocycles. The Balaban J connectivity index is 1.67. The summed E-state index contributed by atoms with van der Waals surface area (Å²) in [6, 6.07) is 9.51. The molecule has 0 aliphatic carbocycles. The molecule has 0 aromatic heterocycles. The van der Waals surface area contributed by atoms with Gasteiger partial charge >= 0.3 is 0 Å². The van der Waals surface area contributed by atoms with Gasteiger partial charge in [-0.2, -0.15) is 5.26 Å². The van der Waals surface area contributed by atoms with Crippen LogP contribution < -0.4 is 4.74 Å². The molecule has 1 aromatic carbocycles. The Kier molecular flexibility index (Phi) is 5.88. The first kappa shape index (κ1) is 14.9. The minimum Gasteiger partial charge on any atom is -0.494 e. The maximum Gasteiger partial charge on any atom is 0.120 e. The van der Waals surface area contributed by atoms with Crippen LogP contribution in [0.15, 0.2) is 24.3 Å². The van der Waals surface area contributed by atoms with Crippen molar-refractivity contribution in [1.82, 2.24) is 4.90 Å². The molecule has 3 nitrogen and oxygen atoms in total. The van der Waals surface area contributed by atoms with Crippen LogP contribution in [-0.4, -0.2) is 31.1 Å². The van der Waals surface area contributed by atoms with Gasteiger partial charge in [0.15, 0.2) is 0 Å². The third-order valence-electron chi connectivity index (χ3n) is 4.03. The fourth-order valence-electron chi connectivity index (χ4n) is 2.82. The molecular weight excluding hydrogens is 248 g/mol. The predicted molar refractivity (Wildman–Crippen MR) is 80.7 cm³/mol. The lowest BCUT2D eigenvalue weighted by molar-refractivity contribution is 0.160. The minimum absolute atomic E-state index is 0.657. The van der Waals surface area contributed by atoms with Crippen LogP contribution in [0.3, 0.4) is 0 Å². The van der Waals surface area contributed by atoms with Crippen LogP contribution in [0.1, 0.15) is 38.2 Å². The molecule has 0 spiro atoms. The first-order valence-electron chi connectivity index (χ1n) is 7.67. The molecule has 1 unspecified atom stereocenters. The van der Waals surface area contributed by atoms with Crippen molar-refractivity contribution in [2.75, 3.05) is 26.2 Å². The highest BCUT2D eigenvalue weighted by atomic mass is 16.5. The molecule has 0 radical (unpaired) electrons. The Morgan fingerprint density at radius 2 is 2.35 bits per heavy atom. The van der Waals surface area contributed by atoms with E-state index < -0.39 is 0 Å². The van der Waals surface area contributed by atoms with Gasteiger partial charge in [0.25, 0.3) is 0 Å². The van der Waals surface area contributed by atoms with Gasteiger partial charge in [0.2, 0.25) is 0 Å². The van der Waals surface area contributed by atoms with Gasteiger partial charge in [0.05, 0.1) is 18.2 Å². The molecule has 1 aliphatic rings. The summed E-state index contributed by atoms with van der Waals surface area (Å²) >= 11 is 0. The predicted octanol–water partition coefficient (Wildman–Crippen LogP) is 3.45. The minimum atomic E-state index is 0.657. The van der Waals surface area contributed by atoms with Crippen LogP contribution in [-0.2, 0) is 0 Å². The molecule has 2 rings (SSSR count). The summed E-state index contributed by atoms with van der Waals surface area (Å²) in [5, 5.41) is 8.84. The second-order valence-electron chi connectivity index (χ2n) is 5.56. The molecule has 0 bridgehead atoms. The number of nitriles is 1. The van der Waals surface area contributed by atoms with E-state index in [1.807, 2.05) is 12.1 Å². The highest BCUT2D eigenvalue weighted by molar-refractivity contribution is 5.36. The molecule has 1 heterocycles. The van der Waals surface area contributed by atoms with Crippen molar-refractivity contribution >= 4 is 0 Å². The van der Waals surface area contributed by atoms with Crippen molar-refractivity contribution in [1.29, 1.82) is 5.26 Å². The zero-order valence-corrected chi connectivity index (χ0v) is 12.3. The topological polar surface area (TPSA) is 36.3 Å². The molecule has 0 amide bonds. The lowest BCUT2D eigenvalue weighted by Gasteiger charge is -2.32. The third-order valence-corrected chi connectivity index (χ3v) is 4.03. The number of hydrogen-bond donors (Lipinski definition) is 0. The van der Waals surface area contributed by atoms with Crippen molar-refractivity contribution in [2.45, 2.75) is 32.6 Å². The van der Waals surface area contributed by atoms with Gasteiger partial charge < -0.3 is 9.64 Å². The second kappa shape index (κ2) is 7.91. The smallest absolute Gasteiger partial charge is 0.120 e. The number of benzene rings is 1. The lowest BCUT2D eigenvalue weighted by atomic mass is 9.96. The van der Waals surface area contributed by atoms with Gasteiger partial charge in [0.1, 0.15) is 5.75 Å². The Bertz CT molecular complexity index is 453. The van der Waals surface area contributed by atoms with Crippen LogP contribution >= 0.6 is 0 Å². The van der Waals surface area contributed by atoms with Crippen molar-refractivity contribution in [3.8, 4) is 11.8 Å². The van der Waals surface area contributed by atoms with Gasteiger partial charge in [0, 0.05) is 13.1 Å². The molecule has 1 atom stereocenters. The van der Waals surface area contributed by atoms with E-state index in [1.54, 1.807) is 12.1 Å². The first-order chi connectivity index (χ1) is 9.81. The van der Waals surface area contributed by atoms with Crippen molar-refractivity contribution in [3.05, 3.63) is 29.8 Å². The van der Waals surface area contributed by atoms with E-state index in [9.17, 15) is 0 Å². The molecule has 0 N–H and O–H groups in total. The van der Waals surface area contributed by atoms with Gasteiger partial charge in [-0.3, -0.25) is 0 Å². The highest BCUT2D eigenvalue weighted by Gasteiger charge is 2.17. The van der Waals surface area contributed by atoms with Crippen LogP contribution in [0.5, 0.6) is 5.75 Å².